The number of rotatable bonds is 5. The average Bonchev–Trinajstić information content (AvgIpc) is 3.20. The molecule has 1 saturated heterocycles. The molecule has 1 heterocycles. The highest BCUT2D eigenvalue weighted by atomic mass is 16.7. The summed E-state index contributed by atoms with van der Waals surface area (Å²) in [6, 6.07) is 45.3. The highest BCUT2D eigenvalue weighted by Crippen LogP contribution is 2.38. The summed E-state index contributed by atoms with van der Waals surface area (Å²) in [7, 11) is -0.441. The van der Waals surface area contributed by atoms with Gasteiger partial charge in [-0.25, -0.2) is 0 Å². The van der Waals surface area contributed by atoms with E-state index in [-0.39, 0.29) is 0 Å². The molecule has 1 aliphatic heterocycles. The summed E-state index contributed by atoms with van der Waals surface area (Å²) in [6.45, 7) is 8.41. The molecule has 3 heteroatoms. The third-order valence-corrected chi connectivity index (χ3v) is 8.09. The lowest BCUT2D eigenvalue weighted by molar-refractivity contribution is 0.00578. The van der Waals surface area contributed by atoms with Crippen molar-refractivity contribution >= 4 is 12.6 Å². The average molecular weight is 508 g/mol. The Morgan fingerprint density at radius 1 is 0.385 bits per heavy atom. The third-order valence-electron chi connectivity index (χ3n) is 8.09. The Morgan fingerprint density at radius 3 is 1.13 bits per heavy atom. The Kier molecular flexibility index (Phi) is 6.50. The fraction of sp³-hybridized carbons (Fsp3) is 0.167. The Labute approximate surface area is 232 Å². The molecule has 0 radical (unpaired) electrons. The summed E-state index contributed by atoms with van der Waals surface area (Å²) < 4.78 is 13.0. The molecule has 1 fully saturated rings. The first-order valence-corrected chi connectivity index (χ1v) is 13.6. The molecule has 0 unspecified atom stereocenters. The van der Waals surface area contributed by atoms with E-state index in [4.69, 9.17) is 9.31 Å². The topological polar surface area (TPSA) is 18.5 Å². The molecule has 0 amide bonds. The van der Waals surface area contributed by atoms with Crippen LogP contribution in [0.15, 0.2) is 127 Å². The third kappa shape index (κ3) is 5.08. The SMILES string of the molecule is CC1(C)OB(c2cc(-c3cccc(-c4ccccc4)c3)cc(-c3cccc(-c4ccccc4)c3)c2)OC1(C)C. The van der Waals surface area contributed by atoms with E-state index in [0.717, 1.165) is 27.7 Å². The van der Waals surface area contributed by atoms with Crippen LogP contribution >= 0.6 is 0 Å². The molecule has 6 rings (SSSR count). The zero-order chi connectivity index (χ0) is 27.0. The predicted molar refractivity (Wildman–Crippen MR) is 164 cm³/mol. The van der Waals surface area contributed by atoms with Gasteiger partial charge in [-0.05, 0) is 95.9 Å². The fourth-order valence-electron chi connectivity index (χ4n) is 5.12. The van der Waals surface area contributed by atoms with Crippen LogP contribution in [0.2, 0.25) is 0 Å². The van der Waals surface area contributed by atoms with Crippen LogP contribution in [-0.2, 0) is 9.31 Å². The van der Waals surface area contributed by atoms with Crippen LogP contribution in [0.5, 0.6) is 0 Å². The second kappa shape index (κ2) is 10.00. The van der Waals surface area contributed by atoms with E-state index in [9.17, 15) is 0 Å². The summed E-state index contributed by atoms with van der Waals surface area (Å²) in [5.74, 6) is 0. The number of hydrogen-bond donors (Lipinski definition) is 0. The minimum absolute atomic E-state index is 0.408. The Hall–Kier alpha value is -3.92. The maximum absolute atomic E-state index is 6.50. The van der Waals surface area contributed by atoms with Crippen LogP contribution in [0.3, 0.4) is 0 Å². The van der Waals surface area contributed by atoms with Gasteiger partial charge >= 0.3 is 7.12 Å². The Bertz CT molecular complexity index is 1490. The Balaban J connectivity index is 1.48. The van der Waals surface area contributed by atoms with E-state index in [1.807, 2.05) is 0 Å². The molecule has 0 N–H and O–H groups in total. The van der Waals surface area contributed by atoms with Gasteiger partial charge < -0.3 is 9.31 Å². The minimum Gasteiger partial charge on any atom is -0.399 e. The van der Waals surface area contributed by atoms with Gasteiger partial charge in [0, 0.05) is 0 Å². The van der Waals surface area contributed by atoms with Crippen LogP contribution in [-0.4, -0.2) is 18.3 Å². The molecule has 0 saturated carbocycles. The van der Waals surface area contributed by atoms with Gasteiger partial charge in [0.1, 0.15) is 0 Å². The minimum atomic E-state index is -0.441. The van der Waals surface area contributed by atoms with Crippen LogP contribution in [0.25, 0.3) is 44.5 Å². The van der Waals surface area contributed by atoms with Crippen molar-refractivity contribution in [2.75, 3.05) is 0 Å². The van der Waals surface area contributed by atoms with Crippen molar-refractivity contribution in [2.24, 2.45) is 0 Å². The monoisotopic (exact) mass is 508 g/mol. The lowest BCUT2D eigenvalue weighted by Crippen LogP contribution is -2.41. The van der Waals surface area contributed by atoms with E-state index < -0.39 is 18.3 Å². The molecule has 192 valence electrons. The van der Waals surface area contributed by atoms with Gasteiger partial charge in [0.2, 0.25) is 0 Å². The smallest absolute Gasteiger partial charge is 0.399 e. The van der Waals surface area contributed by atoms with Crippen molar-refractivity contribution in [3.63, 3.8) is 0 Å². The normalized spacial score (nSPS) is 15.8. The summed E-state index contributed by atoms with van der Waals surface area (Å²) in [5, 5.41) is 0. The van der Waals surface area contributed by atoms with Gasteiger partial charge in [-0.3, -0.25) is 0 Å². The van der Waals surface area contributed by atoms with Crippen molar-refractivity contribution in [3.05, 3.63) is 127 Å². The molecule has 0 bridgehead atoms. The van der Waals surface area contributed by atoms with E-state index >= 15 is 0 Å². The molecular weight excluding hydrogens is 475 g/mol. The van der Waals surface area contributed by atoms with Crippen LogP contribution in [0.4, 0.5) is 0 Å². The number of hydrogen-bond acceptors (Lipinski definition) is 2. The summed E-state index contributed by atoms with van der Waals surface area (Å²) in [4.78, 5) is 0. The molecule has 0 aromatic heterocycles. The summed E-state index contributed by atoms with van der Waals surface area (Å²) >= 11 is 0. The maximum Gasteiger partial charge on any atom is 0.494 e. The van der Waals surface area contributed by atoms with E-state index in [1.165, 1.54) is 22.3 Å². The summed E-state index contributed by atoms with van der Waals surface area (Å²) in [5.41, 5.74) is 9.61. The quantitative estimate of drug-likeness (QED) is 0.221. The fourth-order valence-corrected chi connectivity index (χ4v) is 5.12. The molecule has 2 nitrogen and oxygen atoms in total. The van der Waals surface area contributed by atoms with Gasteiger partial charge in [-0.2, -0.15) is 0 Å². The van der Waals surface area contributed by atoms with Crippen LogP contribution in [0, 0.1) is 0 Å². The molecule has 39 heavy (non-hydrogen) atoms. The van der Waals surface area contributed by atoms with Gasteiger partial charge in [0.05, 0.1) is 11.2 Å². The van der Waals surface area contributed by atoms with Gasteiger partial charge in [-0.1, -0.05) is 109 Å². The standard InChI is InChI=1S/C36H33BO2/c1-35(2)36(3,4)39-37(38-35)34-24-32(30-19-11-17-28(21-30)26-13-7-5-8-14-26)23-33(25-34)31-20-12-18-29(22-31)27-15-9-6-10-16-27/h5-25H,1-4H3. The zero-order valence-electron chi connectivity index (χ0n) is 23.0. The number of benzene rings is 5. The first-order valence-electron chi connectivity index (χ1n) is 13.6. The van der Waals surface area contributed by atoms with Crippen molar-refractivity contribution in [1.29, 1.82) is 0 Å². The lowest BCUT2D eigenvalue weighted by Gasteiger charge is -2.32. The molecule has 5 aromatic rings. The van der Waals surface area contributed by atoms with E-state index in [1.54, 1.807) is 0 Å². The molecular formula is C36H33BO2. The van der Waals surface area contributed by atoms with Crippen molar-refractivity contribution in [1.82, 2.24) is 0 Å². The first-order chi connectivity index (χ1) is 18.8. The van der Waals surface area contributed by atoms with Gasteiger partial charge in [0.25, 0.3) is 0 Å². The van der Waals surface area contributed by atoms with Crippen molar-refractivity contribution in [2.45, 2.75) is 38.9 Å². The summed E-state index contributed by atoms with van der Waals surface area (Å²) in [6.07, 6.45) is 0. The van der Waals surface area contributed by atoms with Gasteiger partial charge in [-0.15, -0.1) is 0 Å². The largest absolute Gasteiger partial charge is 0.494 e. The zero-order valence-corrected chi connectivity index (χ0v) is 23.0. The second-order valence-corrected chi connectivity index (χ2v) is 11.3. The predicted octanol–water partition coefficient (Wildman–Crippen LogP) is 8.65. The van der Waals surface area contributed by atoms with E-state index in [2.05, 4.69) is 155 Å². The molecule has 0 aliphatic carbocycles. The van der Waals surface area contributed by atoms with Crippen LogP contribution < -0.4 is 5.46 Å². The lowest BCUT2D eigenvalue weighted by atomic mass is 9.76. The second-order valence-electron chi connectivity index (χ2n) is 11.3. The highest BCUT2D eigenvalue weighted by Gasteiger charge is 2.51. The molecule has 5 aromatic carbocycles. The van der Waals surface area contributed by atoms with Crippen molar-refractivity contribution in [3.8, 4) is 44.5 Å². The van der Waals surface area contributed by atoms with Crippen LogP contribution in [0.1, 0.15) is 27.7 Å². The van der Waals surface area contributed by atoms with E-state index in [0.29, 0.717) is 0 Å². The molecule has 0 atom stereocenters. The molecule has 1 aliphatic rings. The molecule has 0 spiro atoms. The van der Waals surface area contributed by atoms with Gasteiger partial charge in [0.15, 0.2) is 0 Å². The first kappa shape index (κ1) is 25.4. The Morgan fingerprint density at radius 2 is 0.718 bits per heavy atom. The maximum atomic E-state index is 6.50. The highest BCUT2D eigenvalue weighted by molar-refractivity contribution is 6.62. The van der Waals surface area contributed by atoms with Crippen molar-refractivity contribution < 1.29 is 9.31 Å².